The second-order valence-corrected chi connectivity index (χ2v) is 4.96. The fraction of sp³-hybridized carbons (Fsp3) is 0.294. The number of rotatable bonds is 4. The summed E-state index contributed by atoms with van der Waals surface area (Å²) in [6.45, 7) is 6.57. The van der Waals surface area contributed by atoms with Gasteiger partial charge in [0.1, 0.15) is 0 Å². The van der Waals surface area contributed by atoms with E-state index in [1.165, 1.54) is 0 Å². The molecular formula is C17H19F2N. The third kappa shape index (κ3) is 2.88. The first-order valence-corrected chi connectivity index (χ1v) is 6.83. The zero-order chi connectivity index (χ0) is 14.7. The van der Waals surface area contributed by atoms with Crippen molar-refractivity contribution >= 4 is 0 Å². The Morgan fingerprint density at radius 2 is 1.65 bits per heavy atom. The number of halogens is 2. The van der Waals surface area contributed by atoms with E-state index in [0.29, 0.717) is 16.7 Å². The van der Waals surface area contributed by atoms with Gasteiger partial charge in [-0.2, -0.15) is 0 Å². The summed E-state index contributed by atoms with van der Waals surface area (Å²) in [5.41, 5.74) is 2.44. The normalized spacial score (nSPS) is 12.4. The second-order valence-electron chi connectivity index (χ2n) is 4.96. The lowest BCUT2D eigenvalue weighted by Crippen LogP contribution is -2.17. The molecule has 0 bridgehead atoms. The van der Waals surface area contributed by atoms with Crippen molar-refractivity contribution in [2.45, 2.75) is 26.8 Å². The Morgan fingerprint density at radius 1 is 1.00 bits per heavy atom. The standard InChI is InChI=1S/C17H19F2N/c1-4-20-12(3)13-6-8-14(9-7-13)15-10-5-11(2)16(18)17(15)19/h5-10,12,20H,4H2,1-3H3. The first kappa shape index (κ1) is 14.7. The fourth-order valence-electron chi connectivity index (χ4n) is 2.24. The van der Waals surface area contributed by atoms with Crippen molar-refractivity contribution in [3.05, 3.63) is 59.2 Å². The summed E-state index contributed by atoms with van der Waals surface area (Å²) >= 11 is 0. The molecule has 0 saturated heterocycles. The molecule has 0 aromatic heterocycles. The molecule has 0 saturated carbocycles. The van der Waals surface area contributed by atoms with Crippen LogP contribution in [0.15, 0.2) is 36.4 Å². The van der Waals surface area contributed by atoms with E-state index < -0.39 is 11.6 Å². The van der Waals surface area contributed by atoms with Gasteiger partial charge in [0.05, 0.1) is 0 Å². The first-order chi connectivity index (χ1) is 9.54. The molecule has 2 aromatic rings. The Kier molecular flexibility index (Phi) is 4.50. The smallest absolute Gasteiger partial charge is 0.166 e. The first-order valence-electron chi connectivity index (χ1n) is 6.83. The van der Waals surface area contributed by atoms with Gasteiger partial charge in [-0.3, -0.25) is 0 Å². The van der Waals surface area contributed by atoms with Crippen LogP contribution >= 0.6 is 0 Å². The molecule has 3 heteroatoms. The minimum absolute atomic E-state index is 0.244. The molecule has 0 aliphatic carbocycles. The average Bonchev–Trinajstić information content (AvgIpc) is 2.45. The summed E-state index contributed by atoms with van der Waals surface area (Å²) in [6, 6.07) is 11.0. The maximum absolute atomic E-state index is 13.9. The quantitative estimate of drug-likeness (QED) is 0.859. The van der Waals surface area contributed by atoms with Crippen molar-refractivity contribution in [2.75, 3.05) is 6.54 Å². The van der Waals surface area contributed by atoms with E-state index in [1.807, 2.05) is 24.3 Å². The Hall–Kier alpha value is -1.74. The molecule has 1 unspecified atom stereocenters. The number of aryl methyl sites for hydroxylation is 1. The van der Waals surface area contributed by atoms with Crippen molar-refractivity contribution in [1.82, 2.24) is 5.32 Å². The molecule has 2 rings (SSSR count). The summed E-state index contributed by atoms with van der Waals surface area (Å²) in [6.07, 6.45) is 0. The molecule has 0 aliphatic heterocycles. The van der Waals surface area contributed by atoms with Gasteiger partial charge in [-0.1, -0.05) is 43.3 Å². The lowest BCUT2D eigenvalue weighted by atomic mass is 10.00. The van der Waals surface area contributed by atoms with Crippen LogP contribution in [0.2, 0.25) is 0 Å². The summed E-state index contributed by atoms with van der Waals surface area (Å²) in [7, 11) is 0. The lowest BCUT2D eigenvalue weighted by Gasteiger charge is -2.13. The van der Waals surface area contributed by atoms with Crippen LogP contribution in [-0.2, 0) is 0 Å². The van der Waals surface area contributed by atoms with Gasteiger partial charge in [0.2, 0.25) is 0 Å². The molecule has 0 spiro atoms. The average molecular weight is 275 g/mol. The van der Waals surface area contributed by atoms with Crippen LogP contribution in [0.5, 0.6) is 0 Å². The molecule has 106 valence electrons. The van der Waals surface area contributed by atoms with Gasteiger partial charge < -0.3 is 5.32 Å². The molecule has 0 heterocycles. The molecule has 0 amide bonds. The monoisotopic (exact) mass is 275 g/mol. The van der Waals surface area contributed by atoms with E-state index in [9.17, 15) is 8.78 Å². The van der Waals surface area contributed by atoms with Crippen molar-refractivity contribution in [3.63, 3.8) is 0 Å². The molecule has 2 aromatic carbocycles. The van der Waals surface area contributed by atoms with E-state index in [1.54, 1.807) is 19.1 Å². The Morgan fingerprint density at radius 3 is 2.25 bits per heavy atom. The van der Waals surface area contributed by atoms with E-state index in [4.69, 9.17) is 0 Å². The maximum atomic E-state index is 13.9. The number of nitrogens with one attached hydrogen (secondary N) is 1. The molecule has 1 nitrogen and oxygen atoms in total. The largest absolute Gasteiger partial charge is 0.310 e. The third-order valence-electron chi connectivity index (χ3n) is 3.51. The van der Waals surface area contributed by atoms with Gasteiger partial charge in [-0.15, -0.1) is 0 Å². The minimum atomic E-state index is -0.780. The summed E-state index contributed by atoms with van der Waals surface area (Å²) in [5.74, 6) is -1.55. The fourth-order valence-corrected chi connectivity index (χ4v) is 2.24. The van der Waals surface area contributed by atoms with Crippen LogP contribution in [0.1, 0.15) is 31.0 Å². The molecule has 0 fully saturated rings. The van der Waals surface area contributed by atoms with Crippen molar-refractivity contribution in [3.8, 4) is 11.1 Å². The number of benzene rings is 2. The third-order valence-corrected chi connectivity index (χ3v) is 3.51. The van der Waals surface area contributed by atoms with Crippen LogP contribution in [0, 0.1) is 18.6 Å². The highest BCUT2D eigenvalue weighted by Crippen LogP contribution is 2.27. The van der Waals surface area contributed by atoms with Crippen LogP contribution in [-0.4, -0.2) is 6.54 Å². The Balaban J connectivity index is 2.33. The molecule has 0 radical (unpaired) electrons. The highest BCUT2D eigenvalue weighted by Gasteiger charge is 2.12. The maximum Gasteiger partial charge on any atom is 0.166 e. The summed E-state index contributed by atoms with van der Waals surface area (Å²) in [4.78, 5) is 0. The SMILES string of the molecule is CCNC(C)c1ccc(-c2ccc(C)c(F)c2F)cc1. The van der Waals surface area contributed by atoms with E-state index >= 15 is 0 Å². The van der Waals surface area contributed by atoms with Gasteiger partial charge in [-0.05, 0) is 37.1 Å². The van der Waals surface area contributed by atoms with Gasteiger partial charge in [0.25, 0.3) is 0 Å². The van der Waals surface area contributed by atoms with E-state index in [-0.39, 0.29) is 6.04 Å². The molecule has 1 atom stereocenters. The topological polar surface area (TPSA) is 12.0 Å². The Bertz CT molecular complexity index is 591. The minimum Gasteiger partial charge on any atom is -0.310 e. The van der Waals surface area contributed by atoms with E-state index in [2.05, 4.69) is 19.2 Å². The van der Waals surface area contributed by atoms with Gasteiger partial charge >= 0.3 is 0 Å². The highest BCUT2D eigenvalue weighted by atomic mass is 19.2. The van der Waals surface area contributed by atoms with Crippen LogP contribution in [0.3, 0.4) is 0 Å². The summed E-state index contributed by atoms with van der Waals surface area (Å²) < 4.78 is 27.5. The van der Waals surface area contributed by atoms with Crippen molar-refractivity contribution < 1.29 is 8.78 Å². The van der Waals surface area contributed by atoms with Gasteiger partial charge in [0.15, 0.2) is 11.6 Å². The van der Waals surface area contributed by atoms with E-state index in [0.717, 1.165) is 12.1 Å². The van der Waals surface area contributed by atoms with Crippen LogP contribution in [0.25, 0.3) is 11.1 Å². The lowest BCUT2D eigenvalue weighted by molar-refractivity contribution is 0.505. The van der Waals surface area contributed by atoms with Crippen molar-refractivity contribution in [1.29, 1.82) is 0 Å². The highest BCUT2D eigenvalue weighted by molar-refractivity contribution is 5.65. The zero-order valence-corrected chi connectivity index (χ0v) is 12.0. The molecule has 1 N–H and O–H groups in total. The zero-order valence-electron chi connectivity index (χ0n) is 12.0. The molecule has 20 heavy (non-hydrogen) atoms. The van der Waals surface area contributed by atoms with Crippen molar-refractivity contribution in [2.24, 2.45) is 0 Å². The van der Waals surface area contributed by atoms with Gasteiger partial charge in [-0.25, -0.2) is 8.78 Å². The number of hydrogen-bond acceptors (Lipinski definition) is 1. The predicted octanol–water partition coefficient (Wildman–Crippen LogP) is 4.61. The van der Waals surface area contributed by atoms with Gasteiger partial charge in [0, 0.05) is 11.6 Å². The summed E-state index contributed by atoms with van der Waals surface area (Å²) in [5, 5.41) is 3.31. The number of hydrogen-bond donors (Lipinski definition) is 1. The second kappa shape index (κ2) is 6.14. The Labute approximate surface area is 118 Å². The van der Waals surface area contributed by atoms with Crippen LogP contribution in [0.4, 0.5) is 8.78 Å². The molecular weight excluding hydrogens is 256 g/mol. The van der Waals surface area contributed by atoms with Crippen LogP contribution < -0.4 is 5.32 Å². The molecule has 0 aliphatic rings. The predicted molar refractivity (Wildman–Crippen MR) is 78.6 cm³/mol.